The van der Waals surface area contributed by atoms with Crippen LogP contribution in [-0.4, -0.2) is 68.3 Å². The summed E-state index contributed by atoms with van der Waals surface area (Å²) in [5, 5.41) is 0. The summed E-state index contributed by atoms with van der Waals surface area (Å²) in [5.41, 5.74) is 0. The lowest BCUT2D eigenvalue weighted by Crippen LogP contribution is -2.27. The predicted octanol–water partition coefficient (Wildman–Crippen LogP) is 1.53. The first kappa shape index (κ1) is 18.0. The Kier molecular flexibility index (Phi) is 12.1. The highest BCUT2D eigenvalue weighted by Crippen LogP contribution is 2.01. The van der Waals surface area contributed by atoms with Gasteiger partial charge in [-0.1, -0.05) is 0 Å². The van der Waals surface area contributed by atoms with Crippen LogP contribution in [0.15, 0.2) is 0 Å². The molecule has 0 rings (SSSR count). The molecule has 5 nitrogen and oxygen atoms in total. The summed E-state index contributed by atoms with van der Waals surface area (Å²) < 4.78 is 26.5. The van der Waals surface area contributed by atoms with Crippen molar-refractivity contribution in [1.82, 2.24) is 0 Å². The molecule has 0 aliphatic heterocycles. The molecule has 0 bridgehead atoms. The van der Waals surface area contributed by atoms with E-state index in [0.717, 1.165) is 0 Å². The van der Waals surface area contributed by atoms with Crippen molar-refractivity contribution >= 4 is 8.32 Å². The Hall–Kier alpha value is 0.0169. The van der Waals surface area contributed by atoms with Gasteiger partial charge in [0.1, 0.15) is 0 Å². The number of hydrogen-bond donors (Lipinski definition) is 0. The van der Waals surface area contributed by atoms with E-state index in [1.54, 1.807) is 7.11 Å². The zero-order valence-corrected chi connectivity index (χ0v) is 13.2. The van der Waals surface area contributed by atoms with Gasteiger partial charge in [0, 0.05) is 7.11 Å². The second kappa shape index (κ2) is 12.1. The molecule has 0 spiro atoms. The molecule has 110 valence electrons. The molecule has 0 amide bonds. The molecule has 6 heteroatoms. The first-order chi connectivity index (χ1) is 8.56. The maximum absolute atomic E-state index is 5.65. The van der Waals surface area contributed by atoms with E-state index >= 15 is 0 Å². The van der Waals surface area contributed by atoms with Gasteiger partial charge in [-0.15, -0.1) is 0 Å². The van der Waals surface area contributed by atoms with Crippen LogP contribution in [-0.2, 0) is 23.4 Å². The molecule has 0 aliphatic carbocycles. The minimum Gasteiger partial charge on any atom is -0.415 e. The highest BCUT2D eigenvalue weighted by Gasteiger charge is 2.12. The normalized spacial score (nSPS) is 12.0. The smallest absolute Gasteiger partial charge is 0.183 e. The van der Waals surface area contributed by atoms with Crippen LogP contribution in [0.1, 0.15) is 0 Å². The van der Waals surface area contributed by atoms with Crippen LogP contribution < -0.4 is 0 Å². The molecule has 0 radical (unpaired) electrons. The predicted molar refractivity (Wildman–Crippen MR) is 73.6 cm³/mol. The van der Waals surface area contributed by atoms with E-state index in [-0.39, 0.29) is 0 Å². The van der Waals surface area contributed by atoms with Gasteiger partial charge < -0.3 is 23.4 Å². The molecule has 0 aromatic carbocycles. The van der Waals surface area contributed by atoms with Gasteiger partial charge in [0.2, 0.25) is 0 Å². The van der Waals surface area contributed by atoms with Crippen molar-refractivity contribution in [3.63, 3.8) is 0 Å². The summed E-state index contributed by atoms with van der Waals surface area (Å²) in [6.45, 7) is 11.5. The first-order valence-electron chi connectivity index (χ1n) is 6.42. The van der Waals surface area contributed by atoms with Crippen molar-refractivity contribution in [2.75, 3.05) is 60.0 Å². The molecule has 0 aromatic rings. The largest absolute Gasteiger partial charge is 0.415 e. The first-order valence-corrected chi connectivity index (χ1v) is 9.83. The second-order valence-corrected chi connectivity index (χ2v) is 9.30. The molecule has 0 atom stereocenters. The summed E-state index contributed by atoms with van der Waals surface area (Å²) >= 11 is 0. The van der Waals surface area contributed by atoms with Gasteiger partial charge in [0.25, 0.3) is 0 Å². The second-order valence-electron chi connectivity index (χ2n) is 4.79. The standard InChI is InChI=1S/C12H28O5Si/c1-13-5-6-14-7-8-15-9-10-16-11-12-17-18(2,3)4/h5-12H2,1-4H3. The zero-order valence-electron chi connectivity index (χ0n) is 12.2. The van der Waals surface area contributed by atoms with E-state index in [0.29, 0.717) is 52.9 Å². The number of hydrogen-bond acceptors (Lipinski definition) is 5. The maximum Gasteiger partial charge on any atom is 0.183 e. The Balaban J connectivity index is 2.99. The van der Waals surface area contributed by atoms with Crippen LogP contribution in [0.25, 0.3) is 0 Å². The van der Waals surface area contributed by atoms with E-state index in [1.165, 1.54) is 0 Å². The summed E-state index contributed by atoms with van der Waals surface area (Å²) in [5.74, 6) is 0. The Morgan fingerprint density at radius 1 is 0.611 bits per heavy atom. The molecule has 0 unspecified atom stereocenters. The van der Waals surface area contributed by atoms with Gasteiger partial charge in [0.15, 0.2) is 8.32 Å². The third-order valence-corrected chi connectivity index (χ3v) is 3.01. The Labute approximate surface area is 112 Å². The average molecular weight is 280 g/mol. The molecule has 0 saturated carbocycles. The van der Waals surface area contributed by atoms with Gasteiger partial charge in [-0.3, -0.25) is 0 Å². The van der Waals surface area contributed by atoms with E-state index < -0.39 is 8.32 Å². The van der Waals surface area contributed by atoms with Crippen LogP contribution >= 0.6 is 0 Å². The number of rotatable bonds is 13. The molecular weight excluding hydrogens is 252 g/mol. The third kappa shape index (κ3) is 16.0. The quantitative estimate of drug-likeness (QED) is 0.378. The SMILES string of the molecule is COCCOCCOCCOCCO[Si](C)(C)C. The molecule has 18 heavy (non-hydrogen) atoms. The highest BCUT2D eigenvalue weighted by molar-refractivity contribution is 6.69. The van der Waals surface area contributed by atoms with Gasteiger partial charge in [-0.25, -0.2) is 0 Å². The lowest BCUT2D eigenvalue weighted by molar-refractivity contribution is -0.000147. The van der Waals surface area contributed by atoms with Crippen LogP contribution in [0.2, 0.25) is 19.6 Å². The van der Waals surface area contributed by atoms with Crippen molar-refractivity contribution < 1.29 is 23.4 Å². The molecule has 0 aromatic heterocycles. The summed E-state index contributed by atoms with van der Waals surface area (Å²) in [7, 11) is 0.263. The van der Waals surface area contributed by atoms with Crippen LogP contribution in [0.4, 0.5) is 0 Å². The Bertz CT molecular complexity index is 172. The highest BCUT2D eigenvalue weighted by atomic mass is 28.4. The molecule has 0 saturated heterocycles. The fraction of sp³-hybridized carbons (Fsp3) is 1.00. The minimum absolute atomic E-state index is 0.596. The summed E-state index contributed by atoms with van der Waals surface area (Å²) in [6, 6.07) is 0. The van der Waals surface area contributed by atoms with Crippen molar-refractivity contribution in [2.24, 2.45) is 0 Å². The van der Waals surface area contributed by atoms with Gasteiger partial charge in [-0.05, 0) is 19.6 Å². The van der Waals surface area contributed by atoms with E-state index in [4.69, 9.17) is 23.4 Å². The molecule has 0 aliphatic rings. The van der Waals surface area contributed by atoms with Crippen molar-refractivity contribution in [3.8, 4) is 0 Å². The lowest BCUT2D eigenvalue weighted by Gasteiger charge is -2.16. The van der Waals surface area contributed by atoms with Crippen molar-refractivity contribution in [1.29, 1.82) is 0 Å². The monoisotopic (exact) mass is 280 g/mol. The van der Waals surface area contributed by atoms with Crippen LogP contribution in [0, 0.1) is 0 Å². The Morgan fingerprint density at radius 2 is 1.00 bits per heavy atom. The average Bonchev–Trinajstić information content (AvgIpc) is 2.29. The van der Waals surface area contributed by atoms with Crippen molar-refractivity contribution in [3.05, 3.63) is 0 Å². The number of ether oxygens (including phenoxy) is 4. The molecule has 0 heterocycles. The van der Waals surface area contributed by atoms with Crippen molar-refractivity contribution in [2.45, 2.75) is 19.6 Å². The van der Waals surface area contributed by atoms with Crippen LogP contribution in [0.3, 0.4) is 0 Å². The van der Waals surface area contributed by atoms with E-state index in [9.17, 15) is 0 Å². The molecule has 0 N–H and O–H groups in total. The summed E-state index contributed by atoms with van der Waals surface area (Å²) in [4.78, 5) is 0. The number of methoxy groups -OCH3 is 1. The maximum atomic E-state index is 5.65. The zero-order chi connectivity index (χ0) is 13.7. The topological polar surface area (TPSA) is 46.2 Å². The summed E-state index contributed by atoms with van der Waals surface area (Å²) in [6.07, 6.45) is 0. The lowest BCUT2D eigenvalue weighted by atomic mass is 10.7. The fourth-order valence-corrected chi connectivity index (χ4v) is 1.79. The van der Waals surface area contributed by atoms with Gasteiger partial charge in [-0.2, -0.15) is 0 Å². The van der Waals surface area contributed by atoms with Crippen LogP contribution in [0.5, 0.6) is 0 Å². The molecule has 0 fully saturated rings. The van der Waals surface area contributed by atoms with E-state index in [1.807, 2.05) is 0 Å². The third-order valence-electron chi connectivity index (χ3n) is 1.94. The van der Waals surface area contributed by atoms with Gasteiger partial charge >= 0.3 is 0 Å². The fourth-order valence-electron chi connectivity index (χ4n) is 1.09. The van der Waals surface area contributed by atoms with Gasteiger partial charge in [0.05, 0.1) is 52.9 Å². The molecular formula is C12H28O5Si. The van der Waals surface area contributed by atoms with E-state index in [2.05, 4.69) is 19.6 Å². The Morgan fingerprint density at radius 3 is 1.39 bits per heavy atom. The minimum atomic E-state index is -1.39.